The lowest BCUT2D eigenvalue weighted by Crippen LogP contribution is -2.13. The van der Waals surface area contributed by atoms with Crippen LogP contribution in [0.5, 0.6) is 0 Å². The maximum absolute atomic E-state index is 13.1. The number of amides is 1. The van der Waals surface area contributed by atoms with Crippen molar-refractivity contribution < 1.29 is 14.0 Å². The first-order chi connectivity index (χ1) is 9.52. The highest BCUT2D eigenvalue weighted by Crippen LogP contribution is 2.20. The predicted octanol–water partition coefficient (Wildman–Crippen LogP) is 3.41. The van der Waals surface area contributed by atoms with E-state index in [2.05, 4.69) is 15.9 Å². The fourth-order valence-corrected chi connectivity index (χ4v) is 2.09. The van der Waals surface area contributed by atoms with Crippen LogP contribution in [0, 0.1) is 5.82 Å². The standard InChI is InChI=1S/C15H11BrFNO2/c1-18(9-19)12-5-2-10(3-6-12)15(20)11-4-7-14(17)13(16)8-11/h2-9H,1H3. The first-order valence-corrected chi connectivity index (χ1v) is 6.60. The number of hydrogen-bond acceptors (Lipinski definition) is 2. The minimum absolute atomic E-state index is 0.203. The van der Waals surface area contributed by atoms with E-state index in [4.69, 9.17) is 0 Å². The number of halogens is 2. The molecule has 0 fully saturated rings. The van der Waals surface area contributed by atoms with E-state index in [0.29, 0.717) is 23.2 Å². The third-order valence-corrected chi connectivity index (χ3v) is 3.48. The zero-order valence-electron chi connectivity index (χ0n) is 10.6. The molecule has 0 aliphatic carbocycles. The number of carbonyl (C=O) groups excluding carboxylic acids is 2. The Morgan fingerprint density at radius 2 is 1.75 bits per heavy atom. The molecule has 0 N–H and O–H groups in total. The van der Waals surface area contributed by atoms with Crippen molar-refractivity contribution in [2.45, 2.75) is 0 Å². The molecule has 0 bridgehead atoms. The van der Waals surface area contributed by atoms with Crippen LogP contribution in [0.4, 0.5) is 10.1 Å². The Kier molecular flexibility index (Phi) is 4.29. The van der Waals surface area contributed by atoms with Crippen LogP contribution in [0.25, 0.3) is 0 Å². The van der Waals surface area contributed by atoms with Crippen LogP contribution in [0.2, 0.25) is 0 Å². The quantitative estimate of drug-likeness (QED) is 0.634. The minimum Gasteiger partial charge on any atom is -0.318 e. The summed E-state index contributed by atoms with van der Waals surface area (Å²) in [6.07, 6.45) is 0.688. The summed E-state index contributed by atoms with van der Waals surface area (Å²) in [5, 5.41) is 0. The van der Waals surface area contributed by atoms with Crippen LogP contribution < -0.4 is 4.90 Å². The second-order valence-electron chi connectivity index (χ2n) is 4.22. The van der Waals surface area contributed by atoms with Gasteiger partial charge in [0.25, 0.3) is 0 Å². The van der Waals surface area contributed by atoms with Gasteiger partial charge in [0.2, 0.25) is 6.41 Å². The third-order valence-electron chi connectivity index (χ3n) is 2.88. The molecular formula is C15H11BrFNO2. The van der Waals surface area contributed by atoms with Gasteiger partial charge in [0.1, 0.15) is 5.82 Å². The molecule has 0 heterocycles. The van der Waals surface area contributed by atoms with Crippen molar-refractivity contribution in [2.24, 2.45) is 0 Å². The first kappa shape index (κ1) is 14.4. The van der Waals surface area contributed by atoms with Crippen molar-refractivity contribution in [3.8, 4) is 0 Å². The highest BCUT2D eigenvalue weighted by Gasteiger charge is 2.11. The predicted molar refractivity (Wildman–Crippen MR) is 78.4 cm³/mol. The summed E-state index contributed by atoms with van der Waals surface area (Å²) in [6.45, 7) is 0. The van der Waals surface area contributed by atoms with Gasteiger partial charge in [-0.2, -0.15) is 0 Å². The number of nitrogens with zero attached hydrogens (tertiary/aromatic N) is 1. The van der Waals surface area contributed by atoms with Gasteiger partial charge >= 0.3 is 0 Å². The van der Waals surface area contributed by atoms with Crippen LogP contribution in [0.1, 0.15) is 15.9 Å². The molecule has 0 unspecified atom stereocenters. The van der Waals surface area contributed by atoms with Crippen molar-refractivity contribution in [1.82, 2.24) is 0 Å². The van der Waals surface area contributed by atoms with Crippen molar-refractivity contribution in [2.75, 3.05) is 11.9 Å². The van der Waals surface area contributed by atoms with Crippen molar-refractivity contribution in [3.05, 3.63) is 63.9 Å². The van der Waals surface area contributed by atoms with Gasteiger partial charge in [0.05, 0.1) is 4.47 Å². The maximum atomic E-state index is 13.1. The lowest BCUT2D eigenvalue weighted by molar-refractivity contribution is -0.107. The highest BCUT2D eigenvalue weighted by atomic mass is 79.9. The van der Waals surface area contributed by atoms with E-state index in [1.54, 1.807) is 31.3 Å². The van der Waals surface area contributed by atoms with E-state index in [9.17, 15) is 14.0 Å². The van der Waals surface area contributed by atoms with E-state index >= 15 is 0 Å². The zero-order chi connectivity index (χ0) is 14.7. The van der Waals surface area contributed by atoms with Crippen molar-refractivity contribution >= 4 is 33.8 Å². The molecule has 20 heavy (non-hydrogen) atoms. The normalized spacial score (nSPS) is 10.2. The van der Waals surface area contributed by atoms with Crippen LogP contribution in [-0.2, 0) is 4.79 Å². The molecule has 0 aliphatic rings. The monoisotopic (exact) mass is 335 g/mol. The average molecular weight is 336 g/mol. The average Bonchev–Trinajstić information content (AvgIpc) is 2.48. The lowest BCUT2D eigenvalue weighted by atomic mass is 10.0. The van der Waals surface area contributed by atoms with Crippen LogP contribution in [-0.4, -0.2) is 19.2 Å². The van der Waals surface area contributed by atoms with Gasteiger partial charge in [-0.15, -0.1) is 0 Å². The molecule has 2 aromatic carbocycles. The molecule has 102 valence electrons. The number of hydrogen-bond donors (Lipinski definition) is 0. The second-order valence-corrected chi connectivity index (χ2v) is 5.08. The molecule has 0 spiro atoms. The van der Waals surface area contributed by atoms with Gasteiger partial charge < -0.3 is 4.90 Å². The van der Waals surface area contributed by atoms with E-state index in [1.165, 1.54) is 23.1 Å². The summed E-state index contributed by atoms with van der Waals surface area (Å²) >= 11 is 3.05. The Labute approximate surface area is 124 Å². The molecule has 0 saturated carbocycles. The molecule has 0 radical (unpaired) electrons. The van der Waals surface area contributed by atoms with Gasteiger partial charge in [0.15, 0.2) is 5.78 Å². The largest absolute Gasteiger partial charge is 0.318 e. The molecule has 2 aromatic rings. The lowest BCUT2D eigenvalue weighted by Gasteiger charge is -2.10. The second kappa shape index (κ2) is 5.96. The van der Waals surface area contributed by atoms with Crippen LogP contribution in [0.3, 0.4) is 0 Å². The van der Waals surface area contributed by atoms with Gasteiger partial charge in [-0.3, -0.25) is 9.59 Å². The summed E-state index contributed by atoms with van der Waals surface area (Å²) < 4.78 is 13.4. The first-order valence-electron chi connectivity index (χ1n) is 5.81. The molecule has 0 aromatic heterocycles. The number of benzene rings is 2. The molecule has 2 rings (SSSR count). The Morgan fingerprint density at radius 3 is 2.30 bits per heavy atom. The molecule has 5 heteroatoms. The molecule has 0 atom stereocenters. The third kappa shape index (κ3) is 2.93. The van der Waals surface area contributed by atoms with E-state index in [1.807, 2.05) is 0 Å². The Morgan fingerprint density at radius 1 is 1.15 bits per heavy atom. The molecule has 0 aliphatic heterocycles. The Hall–Kier alpha value is -2.01. The van der Waals surface area contributed by atoms with Crippen LogP contribution >= 0.6 is 15.9 Å². The Balaban J connectivity index is 2.29. The van der Waals surface area contributed by atoms with Gasteiger partial charge in [-0.1, -0.05) is 0 Å². The highest BCUT2D eigenvalue weighted by molar-refractivity contribution is 9.10. The number of ketones is 1. The summed E-state index contributed by atoms with van der Waals surface area (Å²) in [5.41, 5.74) is 1.57. The fraction of sp³-hybridized carbons (Fsp3) is 0.0667. The summed E-state index contributed by atoms with van der Waals surface area (Å²) in [6, 6.07) is 10.8. The van der Waals surface area contributed by atoms with Gasteiger partial charge in [-0.05, 0) is 58.4 Å². The molecule has 1 amide bonds. The number of carbonyl (C=O) groups is 2. The Bertz CT molecular complexity index is 655. The molecular weight excluding hydrogens is 325 g/mol. The zero-order valence-corrected chi connectivity index (χ0v) is 12.2. The van der Waals surface area contributed by atoms with Gasteiger partial charge in [0, 0.05) is 23.9 Å². The SMILES string of the molecule is CN(C=O)c1ccc(C(=O)c2ccc(F)c(Br)c2)cc1. The summed E-state index contributed by atoms with van der Waals surface area (Å²) in [7, 11) is 1.63. The summed E-state index contributed by atoms with van der Waals surface area (Å²) in [5.74, 6) is -0.615. The number of anilines is 1. The number of rotatable bonds is 4. The van der Waals surface area contributed by atoms with E-state index in [0.717, 1.165) is 0 Å². The van der Waals surface area contributed by atoms with E-state index < -0.39 is 5.82 Å². The maximum Gasteiger partial charge on any atom is 0.213 e. The van der Waals surface area contributed by atoms with E-state index in [-0.39, 0.29) is 10.3 Å². The van der Waals surface area contributed by atoms with Crippen LogP contribution in [0.15, 0.2) is 46.9 Å². The summed E-state index contributed by atoms with van der Waals surface area (Å²) in [4.78, 5) is 24.3. The molecule has 3 nitrogen and oxygen atoms in total. The smallest absolute Gasteiger partial charge is 0.213 e. The topological polar surface area (TPSA) is 37.4 Å². The fourth-order valence-electron chi connectivity index (χ4n) is 1.71. The van der Waals surface area contributed by atoms with Crippen molar-refractivity contribution in [1.29, 1.82) is 0 Å². The van der Waals surface area contributed by atoms with Gasteiger partial charge in [-0.25, -0.2) is 4.39 Å². The van der Waals surface area contributed by atoms with Crippen molar-refractivity contribution in [3.63, 3.8) is 0 Å². The molecule has 0 saturated heterocycles. The minimum atomic E-state index is -0.412.